The number of rotatable bonds is 7. The molecule has 6 nitrogen and oxygen atoms in total. The molecule has 0 bridgehead atoms. The minimum atomic E-state index is -0.462. The number of benzene rings is 2. The van der Waals surface area contributed by atoms with E-state index < -0.39 is 6.04 Å². The van der Waals surface area contributed by atoms with Crippen LogP contribution >= 0.6 is 0 Å². The molecule has 6 heteroatoms. The fraction of sp³-hybridized carbons (Fsp3) is 0.429. The van der Waals surface area contributed by atoms with Crippen LogP contribution in [0.15, 0.2) is 59.9 Å². The minimum Gasteiger partial charge on any atom is -0.497 e. The van der Waals surface area contributed by atoms with Gasteiger partial charge in [-0.3, -0.25) is 9.59 Å². The minimum absolute atomic E-state index is 0.0815. The number of hydrogen-bond acceptors (Lipinski definition) is 5. The number of ketones is 1. The van der Waals surface area contributed by atoms with Gasteiger partial charge in [0, 0.05) is 6.54 Å². The van der Waals surface area contributed by atoms with Crippen LogP contribution in [-0.4, -0.2) is 43.0 Å². The molecule has 3 aliphatic rings. The Morgan fingerprint density at radius 2 is 1.82 bits per heavy atom. The third kappa shape index (κ3) is 4.06. The lowest BCUT2D eigenvalue weighted by molar-refractivity contribution is -0.135. The van der Waals surface area contributed by atoms with Gasteiger partial charge in [-0.25, -0.2) is 0 Å². The molecule has 0 radical (unpaired) electrons. The van der Waals surface area contributed by atoms with E-state index in [1.54, 1.807) is 12.0 Å². The van der Waals surface area contributed by atoms with Crippen molar-refractivity contribution in [3.05, 3.63) is 71.0 Å². The lowest BCUT2D eigenvalue weighted by Crippen LogP contribution is -2.39. The van der Waals surface area contributed by atoms with Crippen molar-refractivity contribution in [2.75, 3.05) is 20.3 Å². The maximum absolute atomic E-state index is 13.7. The fourth-order valence-corrected chi connectivity index (χ4v) is 5.45. The highest BCUT2D eigenvalue weighted by molar-refractivity contribution is 6.11. The first-order valence-corrected chi connectivity index (χ1v) is 12.2. The van der Waals surface area contributed by atoms with Gasteiger partial charge >= 0.3 is 0 Å². The molecular weight excluding hydrogens is 430 g/mol. The summed E-state index contributed by atoms with van der Waals surface area (Å²) in [5.41, 5.74) is 2.50. The largest absolute Gasteiger partial charge is 0.497 e. The summed E-state index contributed by atoms with van der Waals surface area (Å²) >= 11 is 0. The van der Waals surface area contributed by atoms with Crippen LogP contribution in [-0.2, 0) is 20.7 Å². The van der Waals surface area contributed by atoms with E-state index in [-0.39, 0.29) is 29.5 Å². The Kier molecular flexibility index (Phi) is 6.31. The number of nitrogens with zero attached hydrogens (tertiary/aromatic N) is 1. The Labute approximate surface area is 200 Å². The van der Waals surface area contributed by atoms with Crippen molar-refractivity contribution < 1.29 is 23.8 Å². The second-order valence-corrected chi connectivity index (χ2v) is 9.16. The van der Waals surface area contributed by atoms with Crippen LogP contribution in [0.2, 0.25) is 0 Å². The summed E-state index contributed by atoms with van der Waals surface area (Å²) in [7, 11) is 1.64. The molecule has 2 aliphatic heterocycles. The predicted molar refractivity (Wildman–Crippen MR) is 128 cm³/mol. The third-order valence-corrected chi connectivity index (χ3v) is 7.14. The number of fused-ring (bicyclic) bond motifs is 1. The van der Waals surface area contributed by atoms with Gasteiger partial charge in [0.15, 0.2) is 11.5 Å². The summed E-state index contributed by atoms with van der Waals surface area (Å²) in [6.45, 7) is 2.97. The van der Waals surface area contributed by atoms with Crippen molar-refractivity contribution in [3.63, 3.8) is 0 Å². The van der Waals surface area contributed by atoms with Crippen LogP contribution < -0.4 is 9.47 Å². The topological polar surface area (TPSA) is 65.1 Å². The average molecular weight is 462 g/mol. The van der Waals surface area contributed by atoms with Gasteiger partial charge in [0.25, 0.3) is 5.91 Å². The lowest BCUT2D eigenvalue weighted by atomic mass is 9.77. The normalized spacial score (nSPS) is 23.9. The molecule has 0 spiro atoms. The molecule has 2 aromatic carbocycles. The van der Waals surface area contributed by atoms with Crippen molar-refractivity contribution in [2.45, 2.75) is 51.2 Å². The van der Waals surface area contributed by atoms with E-state index in [2.05, 4.69) is 0 Å². The monoisotopic (exact) mass is 461 g/mol. The standard InChI is InChI=1S/C28H31NO5/c1-3-33-21-8-6-7-19(17-21)25-24-26(30)22-9-4-5-10-23(22)34-27(24)28(31)29(25)16-15-18-11-13-20(32-2)14-12-18/h6-8,11-14,17,22-23,25H,3-5,9-10,15-16H2,1-2H3. The first-order valence-electron chi connectivity index (χ1n) is 12.2. The summed E-state index contributed by atoms with van der Waals surface area (Å²) in [6.07, 6.45) is 4.20. The highest BCUT2D eigenvalue weighted by Gasteiger charge is 2.51. The molecule has 34 heavy (non-hydrogen) atoms. The Balaban J connectivity index is 1.49. The second kappa shape index (κ2) is 9.53. The molecule has 3 unspecified atom stereocenters. The predicted octanol–water partition coefficient (Wildman–Crippen LogP) is 4.63. The summed E-state index contributed by atoms with van der Waals surface area (Å²) in [4.78, 5) is 29.1. The molecular formula is C28H31NO5. The summed E-state index contributed by atoms with van der Waals surface area (Å²) in [5, 5.41) is 0. The van der Waals surface area contributed by atoms with E-state index >= 15 is 0 Å². The summed E-state index contributed by atoms with van der Waals surface area (Å²) < 4.78 is 17.2. The maximum atomic E-state index is 13.7. The second-order valence-electron chi connectivity index (χ2n) is 9.16. The maximum Gasteiger partial charge on any atom is 0.290 e. The lowest BCUT2D eigenvalue weighted by Gasteiger charge is -2.35. The number of carbonyl (C=O) groups is 2. The van der Waals surface area contributed by atoms with Crippen LogP contribution in [0.1, 0.15) is 49.8 Å². The van der Waals surface area contributed by atoms with Crippen molar-refractivity contribution in [1.29, 1.82) is 0 Å². The smallest absolute Gasteiger partial charge is 0.290 e. The molecule has 1 aliphatic carbocycles. The van der Waals surface area contributed by atoms with Crippen LogP contribution in [0.4, 0.5) is 0 Å². The molecule has 5 rings (SSSR count). The Morgan fingerprint density at radius 3 is 2.59 bits per heavy atom. The zero-order valence-corrected chi connectivity index (χ0v) is 19.8. The number of ether oxygens (including phenoxy) is 3. The first kappa shape index (κ1) is 22.5. The molecule has 3 atom stereocenters. The molecule has 178 valence electrons. The third-order valence-electron chi connectivity index (χ3n) is 7.14. The van der Waals surface area contributed by atoms with Crippen molar-refractivity contribution in [1.82, 2.24) is 4.90 Å². The van der Waals surface area contributed by atoms with Crippen LogP contribution in [0.3, 0.4) is 0 Å². The molecule has 2 aromatic rings. The molecule has 2 heterocycles. The highest BCUT2D eigenvalue weighted by Crippen LogP contribution is 2.47. The summed E-state index contributed by atoms with van der Waals surface area (Å²) in [5.74, 6) is 1.53. The zero-order chi connectivity index (χ0) is 23.7. The number of carbonyl (C=O) groups excluding carboxylic acids is 2. The number of amides is 1. The first-order chi connectivity index (χ1) is 16.6. The van der Waals surface area contributed by atoms with Gasteiger partial charge in [0.05, 0.1) is 31.2 Å². The van der Waals surface area contributed by atoms with E-state index in [1.807, 2.05) is 55.5 Å². The van der Waals surface area contributed by atoms with E-state index in [1.165, 1.54) is 0 Å². The summed E-state index contributed by atoms with van der Waals surface area (Å²) in [6, 6.07) is 15.1. The van der Waals surface area contributed by atoms with Gasteiger partial charge in [-0.2, -0.15) is 0 Å². The van der Waals surface area contributed by atoms with Crippen LogP contribution in [0.25, 0.3) is 0 Å². The number of methoxy groups -OCH3 is 1. The molecule has 1 saturated carbocycles. The molecule has 0 N–H and O–H groups in total. The van der Waals surface area contributed by atoms with Crippen molar-refractivity contribution >= 4 is 11.7 Å². The average Bonchev–Trinajstić information content (AvgIpc) is 3.15. The van der Waals surface area contributed by atoms with Gasteiger partial charge in [-0.05, 0) is 68.0 Å². The quantitative estimate of drug-likeness (QED) is 0.601. The van der Waals surface area contributed by atoms with Gasteiger partial charge in [-0.1, -0.05) is 30.7 Å². The fourth-order valence-electron chi connectivity index (χ4n) is 5.45. The molecule has 0 saturated heterocycles. The van der Waals surface area contributed by atoms with Gasteiger partial charge in [-0.15, -0.1) is 0 Å². The van der Waals surface area contributed by atoms with Gasteiger partial charge in [0.1, 0.15) is 17.6 Å². The number of hydrogen-bond donors (Lipinski definition) is 0. The van der Waals surface area contributed by atoms with E-state index in [4.69, 9.17) is 14.2 Å². The van der Waals surface area contributed by atoms with Gasteiger partial charge < -0.3 is 19.1 Å². The number of Topliss-reactive ketones (excluding diaryl/α,β-unsaturated/α-hetero) is 1. The Morgan fingerprint density at radius 1 is 1.03 bits per heavy atom. The van der Waals surface area contributed by atoms with E-state index in [9.17, 15) is 9.59 Å². The highest BCUT2D eigenvalue weighted by atomic mass is 16.5. The molecule has 1 fully saturated rings. The Bertz CT molecular complexity index is 1110. The molecule has 0 aromatic heterocycles. The SMILES string of the molecule is CCOc1cccc(C2C3=C(OC4CCCCC4C3=O)C(=O)N2CCc2ccc(OC)cc2)c1. The van der Waals surface area contributed by atoms with E-state index in [0.717, 1.165) is 48.3 Å². The van der Waals surface area contributed by atoms with Crippen molar-refractivity contribution in [2.24, 2.45) is 5.92 Å². The van der Waals surface area contributed by atoms with E-state index in [0.29, 0.717) is 25.1 Å². The van der Waals surface area contributed by atoms with Crippen molar-refractivity contribution in [3.8, 4) is 11.5 Å². The van der Waals surface area contributed by atoms with Crippen LogP contribution in [0.5, 0.6) is 11.5 Å². The zero-order valence-electron chi connectivity index (χ0n) is 19.8. The van der Waals surface area contributed by atoms with Gasteiger partial charge in [0.2, 0.25) is 0 Å². The molecule has 1 amide bonds. The Hall–Kier alpha value is -3.28. The van der Waals surface area contributed by atoms with Crippen LogP contribution in [0, 0.1) is 5.92 Å².